The Morgan fingerprint density at radius 1 is 0.923 bits per heavy atom. The van der Waals surface area contributed by atoms with E-state index in [4.69, 9.17) is 14.9 Å². The molecular weight excluding hydrogens is 208 g/mol. The van der Waals surface area contributed by atoms with Gasteiger partial charge in [0.1, 0.15) is 11.5 Å². The van der Waals surface area contributed by atoms with E-state index >= 15 is 0 Å². The van der Waals surface area contributed by atoms with Crippen molar-refractivity contribution in [3.63, 3.8) is 0 Å². The van der Waals surface area contributed by atoms with Crippen LogP contribution in [0.25, 0.3) is 0 Å². The maximum absolute atomic E-state index is 9.02. The van der Waals surface area contributed by atoms with Crippen LogP contribution in [0.4, 0.5) is 0 Å². The van der Waals surface area contributed by atoms with Crippen molar-refractivity contribution < 1.29 is 14.9 Å². The summed E-state index contributed by atoms with van der Waals surface area (Å²) < 4.78 is 5.34. The summed E-state index contributed by atoms with van der Waals surface area (Å²) in [6, 6.07) is 3.06. The fraction of sp³-hybridized carbons (Fsp3) is 0. The van der Waals surface area contributed by atoms with Gasteiger partial charge in [0.25, 0.3) is 0 Å². The SMILES string of the molecule is Oc1csc(Oc2cc(O)cs2)c1. The quantitative estimate of drug-likeness (QED) is 0.807. The molecule has 0 bridgehead atoms. The monoisotopic (exact) mass is 214 g/mol. The normalized spacial score (nSPS) is 10.2. The van der Waals surface area contributed by atoms with Crippen molar-refractivity contribution in [1.82, 2.24) is 0 Å². The maximum atomic E-state index is 9.02. The van der Waals surface area contributed by atoms with Gasteiger partial charge in [-0.25, -0.2) is 0 Å². The van der Waals surface area contributed by atoms with Crippen LogP contribution >= 0.6 is 22.7 Å². The van der Waals surface area contributed by atoms with E-state index < -0.39 is 0 Å². The van der Waals surface area contributed by atoms with Crippen LogP contribution in [0.5, 0.6) is 21.6 Å². The zero-order valence-corrected chi connectivity index (χ0v) is 8.06. The second-order valence-corrected chi connectivity index (χ2v) is 4.10. The molecule has 0 saturated carbocycles. The van der Waals surface area contributed by atoms with E-state index in [1.807, 2.05) is 0 Å². The summed E-state index contributed by atoms with van der Waals surface area (Å²) in [5, 5.41) is 22.4. The number of ether oxygens (including phenoxy) is 1. The molecular formula is C8H6O3S2. The van der Waals surface area contributed by atoms with Gasteiger partial charge < -0.3 is 14.9 Å². The Bertz CT molecular complexity index is 367. The lowest BCUT2D eigenvalue weighted by Crippen LogP contribution is -1.73. The molecule has 2 aromatic rings. The largest absolute Gasteiger partial charge is 0.507 e. The number of hydrogen-bond donors (Lipinski definition) is 2. The average molecular weight is 214 g/mol. The molecule has 0 radical (unpaired) electrons. The van der Waals surface area contributed by atoms with Crippen LogP contribution in [0.3, 0.4) is 0 Å². The molecule has 5 heteroatoms. The van der Waals surface area contributed by atoms with E-state index in [1.165, 1.54) is 34.8 Å². The predicted octanol–water partition coefficient (Wildman–Crippen LogP) is 3.01. The Balaban J connectivity index is 2.14. The summed E-state index contributed by atoms with van der Waals surface area (Å²) in [5.41, 5.74) is 0. The lowest BCUT2D eigenvalue weighted by Gasteiger charge is -1.95. The van der Waals surface area contributed by atoms with E-state index in [-0.39, 0.29) is 11.5 Å². The van der Waals surface area contributed by atoms with Crippen LogP contribution < -0.4 is 4.74 Å². The molecule has 13 heavy (non-hydrogen) atoms. The molecule has 68 valence electrons. The highest BCUT2D eigenvalue weighted by Gasteiger charge is 2.03. The Hall–Kier alpha value is -1.20. The van der Waals surface area contributed by atoms with Crippen molar-refractivity contribution in [1.29, 1.82) is 0 Å². The minimum absolute atomic E-state index is 0.195. The summed E-state index contributed by atoms with van der Waals surface area (Å²) in [6.45, 7) is 0. The molecule has 0 spiro atoms. The highest BCUT2D eigenvalue weighted by atomic mass is 32.1. The Kier molecular flexibility index (Phi) is 2.12. The van der Waals surface area contributed by atoms with Gasteiger partial charge in [0, 0.05) is 22.9 Å². The van der Waals surface area contributed by atoms with Gasteiger partial charge in [-0.15, -0.1) is 22.7 Å². The molecule has 2 aromatic heterocycles. The van der Waals surface area contributed by atoms with Crippen molar-refractivity contribution in [2.45, 2.75) is 0 Å². The van der Waals surface area contributed by atoms with Crippen molar-refractivity contribution in [2.24, 2.45) is 0 Å². The van der Waals surface area contributed by atoms with Crippen molar-refractivity contribution in [2.75, 3.05) is 0 Å². The Morgan fingerprint density at radius 2 is 1.38 bits per heavy atom. The maximum Gasteiger partial charge on any atom is 0.185 e. The Labute approximate surface area is 82.5 Å². The molecule has 0 aromatic carbocycles. The van der Waals surface area contributed by atoms with E-state index in [2.05, 4.69) is 0 Å². The Morgan fingerprint density at radius 3 is 1.69 bits per heavy atom. The van der Waals surface area contributed by atoms with Gasteiger partial charge in [0.05, 0.1) is 0 Å². The summed E-state index contributed by atoms with van der Waals surface area (Å²) in [6.07, 6.45) is 0. The second kappa shape index (κ2) is 3.27. The van der Waals surface area contributed by atoms with Crippen LogP contribution in [0.2, 0.25) is 0 Å². The van der Waals surface area contributed by atoms with Crippen LogP contribution in [0.1, 0.15) is 0 Å². The second-order valence-electron chi connectivity index (χ2n) is 2.35. The van der Waals surface area contributed by atoms with E-state index in [0.29, 0.717) is 10.1 Å². The number of hydrogen-bond acceptors (Lipinski definition) is 5. The number of rotatable bonds is 2. The lowest BCUT2D eigenvalue weighted by atomic mass is 10.6. The molecule has 0 fully saturated rings. The molecule has 0 amide bonds. The minimum Gasteiger partial charge on any atom is -0.507 e. The van der Waals surface area contributed by atoms with Gasteiger partial charge in [-0.05, 0) is 0 Å². The molecule has 2 N–H and O–H groups in total. The molecule has 3 nitrogen and oxygen atoms in total. The first-order valence-corrected chi connectivity index (χ1v) is 5.23. The number of aromatic hydroxyl groups is 2. The van der Waals surface area contributed by atoms with Crippen LogP contribution in [-0.2, 0) is 0 Å². The third-order valence-corrected chi connectivity index (χ3v) is 2.91. The van der Waals surface area contributed by atoms with E-state index in [0.717, 1.165) is 0 Å². The molecule has 0 aliphatic rings. The third-order valence-electron chi connectivity index (χ3n) is 1.32. The van der Waals surface area contributed by atoms with Crippen molar-refractivity contribution >= 4 is 22.7 Å². The fourth-order valence-electron chi connectivity index (χ4n) is 0.821. The molecule has 0 atom stereocenters. The first kappa shape index (κ1) is 8.40. The first-order valence-electron chi connectivity index (χ1n) is 3.47. The first-order chi connectivity index (χ1) is 6.24. The summed E-state index contributed by atoms with van der Waals surface area (Å²) in [4.78, 5) is 0. The average Bonchev–Trinajstić information content (AvgIpc) is 2.62. The number of thiophene rings is 2. The van der Waals surface area contributed by atoms with E-state index in [9.17, 15) is 0 Å². The lowest BCUT2D eigenvalue weighted by molar-refractivity contribution is 0.464. The predicted molar refractivity (Wildman–Crippen MR) is 52.0 cm³/mol. The summed E-state index contributed by atoms with van der Waals surface area (Å²) >= 11 is 2.61. The minimum atomic E-state index is 0.195. The molecule has 0 aliphatic heterocycles. The molecule has 0 saturated heterocycles. The van der Waals surface area contributed by atoms with Crippen LogP contribution in [0, 0.1) is 0 Å². The standard InChI is InChI=1S/C8H6O3S2/c9-5-1-7(12-3-5)11-8-2-6(10)4-13-8/h1-4,9-10H. The zero-order chi connectivity index (χ0) is 9.26. The molecule has 0 unspecified atom stereocenters. The van der Waals surface area contributed by atoms with E-state index in [1.54, 1.807) is 10.8 Å². The van der Waals surface area contributed by atoms with Crippen molar-refractivity contribution in [3.05, 3.63) is 22.9 Å². The zero-order valence-electron chi connectivity index (χ0n) is 6.43. The third kappa shape index (κ3) is 1.93. The topological polar surface area (TPSA) is 49.7 Å². The molecule has 2 heterocycles. The summed E-state index contributed by atoms with van der Waals surface area (Å²) in [7, 11) is 0. The van der Waals surface area contributed by atoms with Gasteiger partial charge in [0.2, 0.25) is 0 Å². The van der Waals surface area contributed by atoms with Crippen molar-refractivity contribution in [3.8, 4) is 21.6 Å². The van der Waals surface area contributed by atoms with Gasteiger partial charge in [-0.1, -0.05) is 0 Å². The molecule has 0 aliphatic carbocycles. The van der Waals surface area contributed by atoms with Crippen LogP contribution in [-0.4, -0.2) is 10.2 Å². The van der Waals surface area contributed by atoms with Crippen LogP contribution in [0.15, 0.2) is 22.9 Å². The smallest absolute Gasteiger partial charge is 0.185 e. The molecule has 2 rings (SSSR count). The van der Waals surface area contributed by atoms with Gasteiger partial charge in [0.15, 0.2) is 10.1 Å². The van der Waals surface area contributed by atoms with Gasteiger partial charge in [-0.2, -0.15) is 0 Å². The highest BCUT2D eigenvalue weighted by Crippen LogP contribution is 2.36. The van der Waals surface area contributed by atoms with Gasteiger partial charge >= 0.3 is 0 Å². The van der Waals surface area contributed by atoms with Gasteiger partial charge in [-0.3, -0.25) is 0 Å². The fourth-order valence-corrected chi connectivity index (χ4v) is 2.14. The highest BCUT2D eigenvalue weighted by molar-refractivity contribution is 7.13. The summed E-state index contributed by atoms with van der Waals surface area (Å²) in [5.74, 6) is 0.390.